The molecule has 0 aromatic heterocycles. The van der Waals surface area contributed by atoms with Crippen molar-refractivity contribution in [3.8, 4) is 0 Å². The van der Waals surface area contributed by atoms with Gasteiger partial charge in [0.1, 0.15) is 22.7 Å². The van der Waals surface area contributed by atoms with Gasteiger partial charge in [0.05, 0.1) is 25.5 Å². The van der Waals surface area contributed by atoms with E-state index in [9.17, 15) is 9.35 Å². The van der Waals surface area contributed by atoms with Crippen LogP contribution in [0.5, 0.6) is 0 Å². The molecule has 0 aliphatic heterocycles. The van der Waals surface area contributed by atoms with Gasteiger partial charge in [-0.3, -0.25) is 0 Å². The fraction of sp³-hybridized carbons (Fsp3) is 0.364. The molecular weight excluding hydrogens is 388 g/mol. The highest BCUT2D eigenvalue weighted by Gasteiger charge is 2.26. The van der Waals surface area contributed by atoms with E-state index in [1.165, 1.54) is 6.21 Å². The van der Waals surface area contributed by atoms with Gasteiger partial charge in [0.25, 0.3) is 0 Å². The van der Waals surface area contributed by atoms with Gasteiger partial charge in [0.2, 0.25) is 0 Å². The van der Waals surface area contributed by atoms with Crippen LogP contribution in [0, 0.1) is 0 Å². The van der Waals surface area contributed by atoms with E-state index >= 15 is 0 Å². The van der Waals surface area contributed by atoms with Gasteiger partial charge in [-0.25, -0.2) is 4.79 Å². The van der Waals surface area contributed by atoms with Crippen molar-refractivity contribution in [2.24, 2.45) is 4.40 Å². The lowest BCUT2D eigenvalue weighted by atomic mass is 10.2. The highest BCUT2D eigenvalue weighted by molar-refractivity contribution is 7.91. The van der Waals surface area contributed by atoms with E-state index < -0.39 is 28.2 Å². The summed E-state index contributed by atoms with van der Waals surface area (Å²) in [7, 11) is 0. The lowest BCUT2D eigenvalue weighted by Crippen LogP contribution is -2.40. The molecule has 0 fully saturated rings. The predicted molar refractivity (Wildman–Crippen MR) is 116 cm³/mol. The molecule has 0 spiro atoms. The zero-order chi connectivity index (χ0) is 21.1. The molecule has 156 valence electrons. The highest BCUT2D eigenvalue weighted by atomic mass is 32.2. The molecule has 0 aliphatic rings. The molecule has 29 heavy (non-hydrogen) atoms. The Morgan fingerprint density at radius 2 is 1.62 bits per heavy atom. The lowest BCUT2D eigenvalue weighted by Gasteiger charge is -2.19. The minimum atomic E-state index is -1.43. The van der Waals surface area contributed by atoms with Crippen LogP contribution < -0.4 is 5.32 Å². The second-order valence-corrected chi connectivity index (χ2v) is 9.36. The molecule has 2 atom stereocenters. The van der Waals surface area contributed by atoms with Crippen LogP contribution in [0.25, 0.3) is 0 Å². The lowest BCUT2D eigenvalue weighted by molar-refractivity contribution is 0.102. The molecule has 2 rings (SSSR count). The summed E-state index contributed by atoms with van der Waals surface area (Å²) in [5, 5.41) is 2.71. The van der Waals surface area contributed by atoms with Gasteiger partial charge in [-0.05, 0) is 31.9 Å². The Labute approximate surface area is 175 Å². The zero-order valence-corrected chi connectivity index (χ0v) is 17.9. The maximum absolute atomic E-state index is 12.2. The number of carbonyl (C=O) groups is 1. The zero-order valence-electron chi connectivity index (χ0n) is 17.0. The monoisotopic (exact) mass is 416 g/mol. The minimum absolute atomic E-state index is 0.162. The van der Waals surface area contributed by atoms with Crippen molar-refractivity contribution in [2.45, 2.75) is 44.8 Å². The SMILES string of the molecule is CC(C)(C)[S@@+]([O-])N=C[C@@H](COCc1ccccc1)NC(=O)OCc1ccccc1. The Bertz CT molecular complexity index is 763. The summed E-state index contributed by atoms with van der Waals surface area (Å²) in [6.45, 7) is 6.25. The average Bonchev–Trinajstić information content (AvgIpc) is 2.71. The van der Waals surface area contributed by atoms with Crippen LogP contribution in [0.2, 0.25) is 0 Å². The third kappa shape index (κ3) is 9.13. The fourth-order valence-electron chi connectivity index (χ4n) is 2.20. The molecule has 0 aliphatic carbocycles. The topological polar surface area (TPSA) is 83.0 Å². The van der Waals surface area contributed by atoms with Crippen molar-refractivity contribution in [1.82, 2.24) is 5.32 Å². The Hall–Kier alpha value is -2.35. The standard InChI is InChI=1S/C22H28N2O4S/c1-22(2,3)29(26)23-14-20(17-27-15-18-10-6-4-7-11-18)24-21(25)28-16-19-12-8-5-9-13-19/h4-14,20H,15-17H2,1-3H3,(H,24,25)/t20-,29+/m0/s1. The van der Waals surface area contributed by atoms with E-state index in [4.69, 9.17) is 9.47 Å². The number of amides is 1. The van der Waals surface area contributed by atoms with Crippen LogP contribution in [-0.2, 0) is 34.0 Å². The third-order valence-corrected chi connectivity index (χ3v) is 5.15. The smallest absolute Gasteiger partial charge is 0.408 e. The molecule has 0 bridgehead atoms. The minimum Gasteiger partial charge on any atom is -0.591 e. The molecule has 0 unspecified atom stereocenters. The van der Waals surface area contributed by atoms with Crippen LogP contribution in [0.1, 0.15) is 31.9 Å². The maximum atomic E-state index is 12.2. The molecular formula is C22H28N2O4S. The number of nitrogens with zero attached hydrogens (tertiary/aromatic N) is 1. The van der Waals surface area contributed by atoms with E-state index in [1.54, 1.807) is 0 Å². The van der Waals surface area contributed by atoms with Crippen LogP contribution in [0.15, 0.2) is 65.1 Å². The normalized spacial score (nSPS) is 13.8. The van der Waals surface area contributed by atoms with Crippen molar-refractivity contribution >= 4 is 23.7 Å². The van der Waals surface area contributed by atoms with Gasteiger partial charge in [0, 0.05) is 0 Å². The van der Waals surface area contributed by atoms with E-state index in [1.807, 2.05) is 81.4 Å². The van der Waals surface area contributed by atoms with Crippen molar-refractivity contribution < 1.29 is 18.8 Å². The number of hydrogen-bond donors (Lipinski definition) is 1. The van der Waals surface area contributed by atoms with E-state index in [0.29, 0.717) is 6.61 Å². The number of nitrogens with one attached hydrogen (secondary N) is 1. The molecule has 6 nitrogen and oxygen atoms in total. The van der Waals surface area contributed by atoms with Crippen molar-refractivity contribution in [2.75, 3.05) is 6.61 Å². The van der Waals surface area contributed by atoms with E-state index in [0.717, 1.165) is 11.1 Å². The summed E-state index contributed by atoms with van der Waals surface area (Å²) >= 11 is -1.43. The van der Waals surface area contributed by atoms with Gasteiger partial charge < -0.3 is 19.3 Å². The van der Waals surface area contributed by atoms with Gasteiger partial charge in [-0.1, -0.05) is 65.1 Å². The maximum Gasteiger partial charge on any atom is 0.408 e. The molecule has 0 radical (unpaired) electrons. The molecule has 2 aromatic rings. The first-order valence-electron chi connectivity index (χ1n) is 9.39. The quantitative estimate of drug-likeness (QED) is 0.494. The van der Waals surface area contributed by atoms with E-state index in [2.05, 4.69) is 9.71 Å². The Balaban J connectivity index is 1.91. The van der Waals surface area contributed by atoms with Crippen molar-refractivity contribution in [3.05, 3.63) is 71.8 Å². The molecule has 0 saturated carbocycles. The van der Waals surface area contributed by atoms with Crippen molar-refractivity contribution in [3.63, 3.8) is 0 Å². The first kappa shape index (κ1) is 22.9. The Kier molecular flexibility index (Phi) is 9.18. The summed E-state index contributed by atoms with van der Waals surface area (Å²) in [5.41, 5.74) is 1.91. The van der Waals surface area contributed by atoms with Crippen LogP contribution in [0.3, 0.4) is 0 Å². The van der Waals surface area contributed by atoms with Crippen LogP contribution in [-0.4, -0.2) is 34.3 Å². The summed E-state index contributed by atoms with van der Waals surface area (Å²) in [6.07, 6.45) is 0.867. The summed E-state index contributed by atoms with van der Waals surface area (Å²) in [4.78, 5) is 12.2. The van der Waals surface area contributed by atoms with Gasteiger partial charge >= 0.3 is 6.09 Å². The molecule has 2 aromatic carbocycles. The molecule has 0 heterocycles. The largest absolute Gasteiger partial charge is 0.591 e. The summed E-state index contributed by atoms with van der Waals surface area (Å²) in [5.74, 6) is 0. The van der Waals surface area contributed by atoms with Crippen molar-refractivity contribution in [1.29, 1.82) is 0 Å². The molecule has 7 heteroatoms. The number of ether oxygens (including phenoxy) is 2. The third-order valence-electron chi connectivity index (χ3n) is 3.79. The highest BCUT2D eigenvalue weighted by Crippen LogP contribution is 2.16. The van der Waals surface area contributed by atoms with Crippen LogP contribution in [0.4, 0.5) is 4.79 Å². The number of benzene rings is 2. The molecule has 0 saturated heterocycles. The van der Waals surface area contributed by atoms with Gasteiger partial charge in [-0.2, -0.15) is 0 Å². The number of alkyl carbamates (subject to hydrolysis) is 1. The van der Waals surface area contributed by atoms with Gasteiger partial charge in [0.15, 0.2) is 0 Å². The predicted octanol–water partition coefficient (Wildman–Crippen LogP) is 4.03. The molecule has 1 amide bonds. The van der Waals surface area contributed by atoms with Gasteiger partial charge in [-0.15, -0.1) is 0 Å². The number of rotatable bonds is 9. The second-order valence-electron chi connectivity index (χ2n) is 7.43. The summed E-state index contributed by atoms with van der Waals surface area (Å²) < 4.78 is 26.7. The Morgan fingerprint density at radius 1 is 1.07 bits per heavy atom. The first-order chi connectivity index (χ1) is 13.8. The molecule has 1 N–H and O–H groups in total. The summed E-state index contributed by atoms with van der Waals surface area (Å²) in [6, 6.07) is 18.6. The number of carbonyl (C=O) groups excluding carboxylic acids is 1. The van der Waals surface area contributed by atoms with E-state index in [-0.39, 0.29) is 13.2 Å². The Morgan fingerprint density at radius 3 is 2.17 bits per heavy atom. The first-order valence-corrected chi connectivity index (χ1v) is 10.5. The fourth-order valence-corrected chi connectivity index (χ4v) is 2.78. The average molecular weight is 417 g/mol. The van der Waals surface area contributed by atoms with Crippen LogP contribution >= 0.6 is 0 Å². The second kappa shape index (κ2) is 11.6. The number of hydrogen-bond acceptors (Lipinski definition) is 5.